The van der Waals surface area contributed by atoms with Gasteiger partial charge in [-0.1, -0.05) is 17.7 Å². The number of ketones is 1. The number of ether oxygens (including phenoxy) is 2. The van der Waals surface area contributed by atoms with Crippen LogP contribution in [-0.4, -0.2) is 42.3 Å². The van der Waals surface area contributed by atoms with E-state index in [9.17, 15) is 22.4 Å². The number of amidine groups is 1. The molecule has 35 heavy (non-hydrogen) atoms. The van der Waals surface area contributed by atoms with Crippen molar-refractivity contribution in [3.8, 4) is 0 Å². The second-order valence-corrected chi connectivity index (χ2v) is 9.02. The molecule has 3 heterocycles. The molecule has 188 valence electrons. The van der Waals surface area contributed by atoms with Gasteiger partial charge in [-0.2, -0.15) is 13.2 Å². The first-order chi connectivity index (χ1) is 16.4. The maximum Gasteiger partial charge on any atom is 0.417 e. The number of fused-ring (bicyclic) bond motifs is 1. The third-order valence-corrected chi connectivity index (χ3v) is 6.55. The maximum atomic E-state index is 15.0. The summed E-state index contributed by atoms with van der Waals surface area (Å²) >= 11 is 5.87. The first-order valence-corrected chi connectivity index (χ1v) is 11.1. The molecule has 0 spiro atoms. The number of aliphatic imine (C=N–C) groups is 1. The Balaban J connectivity index is 1.67. The Morgan fingerprint density at radius 3 is 2.71 bits per heavy atom. The van der Waals surface area contributed by atoms with Gasteiger partial charge in [0.05, 0.1) is 29.2 Å². The highest BCUT2D eigenvalue weighted by molar-refractivity contribution is 6.33. The van der Waals surface area contributed by atoms with E-state index >= 15 is 4.39 Å². The maximum absolute atomic E-state index is 15.0. The summed E-state index contributed by atoms with van der Waals surface area (Å²) < 4.78 is 79.5. The molecule has 12 heteroatoms. The van der Waals surface area contributed by atoms with Gasteiger partial charge in [0.25, 0.3) is 6.02 Å². The summed E-state index contributed by atoms with van der Waals surface area (Å²) in [4.78, 5) is 20.5. The summed E-state index contributed by atoms with van der Waals surface area (Å²) in [6.07, 6.45) is -4.85. The monoisotopic (exact) mass is 517 g/mol. The number of hydrogen-bond acceptors (Lipinski definition) is 6. The fourth-order valence-corrected chi connectivity index (χ4v) is 4.79. The molecular formula is C23H21ClF5N3O3. The van der Waals surface area contributed by atoms with E-state index in [1.165, 1.54) is 12.1 Å². The molecule has 2 aliphatic rings. The first-order valence-electron chi connectivity index (χ1n) is 10.7. The van der Waals surface area contributed by atoms with Crippen molar-refractivity contribution in [3.05, 3.63) is 63.7 Å². The molecule has 4 rings (SSSR count). The number of aromatic nitrogens is 1. The Labute approximate surface area is 202 Å². The predicted molar refractivity (Wildman–Crippen MR) is 116 cm³/mol. The minimum absolute atomic E-state index is 0.0558. The molecule has 2 N–H and O–H groups in total. The number of carbonyl (C=O) groups excluding carboxylic acids is 1. The van der Waals surface area contributed by atoms with Crippen molar-refractivity contribution in [2.75, 3.05) is 13.3 Å². The van der Waals surface area contributed by atoms with Crippen molar-refractivity contribution in [1.82, 2.24) is 4.98 Å². The van der Waals surface area contributed by atoms with Crippen molar-refractivity contribution in [3.63, 3.8) is 0 Å². The Morgan fingerprint density at radius 2 is 2.06 bits per heavy atom. The van der Waals surface area contributed by atoms with E-state index in [1.54, 1.807) is 0 Å². The van der Waals surface area contributed by atoms with Gasteiger partial charge in [-0.25, -0.2) is 13.8 Å². The zero-order valence-corrected chi connectivity index (χ0v) is 19.2. The molecule has 1 fully saturated rings. The molecule has 0 unspecified atom stereocenters. The molecule has 0 saturated carbocycles. The lowest BCUT2D eigenvalue weighted by Crippen LogP contribution is -2.55. The predicted octanol–water partition coefficient (Wildman–Crippen LogP) is 4.62. The minimum atomic E-state index is -4.67. The van der Waals surface area contributed by atoms with Crippen LogP contribution in [0.2, 0.25) is 5.02 Å². The van der Waals surface area contributed by atoms with Crippen LogP contribution in [0.3, 0.4) is 0 Å². The van der Waals surface area contributed by atoms with Crippen LogP contribution in [-0.2, 0) is 27.6 Å². The van der Waals surface area contributed by atoms with E-state index in [1.807, 2.05) is 6.92 Å². The van der Waals surface area contributed by atoms with E-state index in [0.29, 0.717) is 18.7 Å². The first kappa shape index (κ1) is 25.3. The second-order valence-electron chi connectivity index (χ2n) is 8.62. The molecule has 2 aromatic rings. The highest BCUT2D eigenvalue weighted by Crippen LogP contribution is 2.45. The zero-order chi connectivity index (χ0) is 25.5. The number of alkyl halides is 4. The van der Waals surface area contributed by atoms with Crippen LogP contribution in [0.5, 0.6) is 0 Å². The number of nitrogens with zero attached hydrogens (tertiary/aromatic N) is 2. The molecule has 2 aliphatic heterocycles. The van der Waals surface area contributed by atoms with Crippen molar-refractivity contribution in [2.45, 2.75) is 43.7 Å². The number of benzene rings is 1. The van der Waals surface area contributed by atoms with E-state index in [4.69, 9.17) is 26.8 Å². The highest BCUT2D eigenvalue weighted by atomic mass is 35.5. The smallest absolute Gasteiger partial charge is 0.417 e. The normalized spacial score (nSPS) is 26.5. The van der Waals surface area contributed by atoms with Gasteiger partial charge in [-0.15, -0.1) is 0 Å². The molecule has 6 nitrogen and oxygen atoms in total. The minimum Gasteiger partial charge on any atom is -0.462 e. The number of pyridine rings is 1. The third kappa shape index (κ3) is 4.84. The SMILES string of the molecule is C[C@@H]1C[C@H]2OC(N)=N[C@](CF)(c3cc(CC(=O)c4ncc(C(F)(F)F)cc4Cl)ccc3F)[C@H]2CO1. The van der Waals surface area contributed by atoms with Gasteiger partial charge in [-0.3, -0.25) is 9.78 Å². The molecule has 0 radical (unpaired) electrons. The highest BCUT2D eigenvalue weighted by Gasteiger charge is 2.52. The molecule has 1 aromatic heterocycles. The number of hydrogen-bond donors (Lipinski definition) is 1. The van der Waals surface area contributed by atoms with E-state index < -0.39 is 52.6 Å². The lowest BCUT2D eigenvalue weighted by molar-refractivity contribution is -0.137. The van der Waals surface area contributed by atoms with E-state index in [2.05, 4.69) is 9.98 Å². The van der Waals surface area contributed by atoms with Crippen molar-refractivity contribution in [1.29, 1.82) is 0 Å². The molecule has 0 amide bonds. The Kier molecular flexibility index (Phi) is 6.76. The quantitative estimate of drug-likeness (QED) is 0.462. The number of halogens is 6. The Hall–Kier alpha value is -2.79. The molecule has 4 atom stereocenters. The van der Waals surface area contributed by atoms with Crippen molar-refractivity contribution >= 4 is 23.4 Å². The van der Waals surface area contributed by atoms with Crippen molar-refractivity contribution < 1.29 is 36.2 Å². The molecule has 1 saturated heterocycles. The Morgan fingerprint density at radius 1 is 1.31 bits per heavy atom. The van der Waals surface area contributed by atoms with Gasteiger partial charge in [0.1, 0.15) is 29.8 Å². The third-order valence-electron chi connectivity index (χ3n) is 6.27. The summed E-state index contributed by atoms with van der Waals surface area (Å²) in [7, 11) is 0. The van der Waals surface area contributed by atoms with Crippen LogP contribution in [0, 0.1) is 11.7 Å². The fraction of sp³-hybridized carbons (Fsp3) is 0.435. The van der Waals surface area contributed by atoms with Crippen LogP contribution in [0.1, 0.15) is 40.5 Å². The van der Waals surface area contributed by atoms with Gasteiger partial charge in [0, 0.05) is 24.6 Å². The van der Waals surface area contributed by atoms with Crippen LogP contribution in [0.15, 0.2) is 35.5 Å². The van der Waals surface area contributed by atoms with Crippen LogP contribution >= 0.6 is 11.6 Å². The molecule has 1 aromatic carbocycles. The lowest BCUT2D eigenvalue weighted by atomic mass is 9.73. The standard InChI is InChI=1S/C23H21ClF5N3O3/c1-11-4-19-15(9-34-11)22(10-25,32-21(30)35-19)14-5-12(2-3-17(14)26)6-18(33)20-16(24)7-13(8-31-20)23(27,28)29/h2-3,5,7-8,11,15,19H,4,6,9-10H2,1H3,(H2,30,32)/t11-,15+,19-,22-/m1/s1. The molecule has 0 aliphatic carbocycles. The average Bonchev–Trinajstić information content (AvgIpc) is 2.78. The van der Waals surface area contributed by atoms with Crippen LogP contribution in [0.4, 0.5) is 22.0 Å². The largest absolute Gasteiger partial charge is 0.462 e. The lowest BCUT2D eigenvalue weighted by Gasteiger charge is -2.46. The molecule has 0 bridgehead atoms. The van der Waals surface area contributed by atoms with Gasteiger partial charge in [0.15, 0.2) is 5.78 Å². The summed E-state index contributed by atoms with van der Waals surface area (Å²) in [6.45, 7) is 0.780. The topological polar surface area (TPSA) is 86.8 Å². The average molecular weight is 518 g/mol. The summed E-state index contributed by atoms with van der Waals surface area (Å²) in [6, 6.07) is 4.00. The van der Waals surface area contributed by atoms with E-state index in [-0.39, 0.29) is 42.0 Å². The van der Waals surface area contributed by atoms with Crippen LogP contribution < -0.4 is 5.73 Å². The van der Waals surface area contributed by atoms with E-state index in [0.717, 1.165) is 6.07 Å². The summed E-state index contributed by atoms with van der Waals surface area (Å²) in [5.41, 5.74) is 2.76. The van der Waals surface area contributed by atoms with Gasteiger partial charge in [0.2, 0.25) is 0 Å². The number of carbonyl (C=O) groups is 1. The number of nitrogens with two attached hydrogens (primary N) is 1. The fourth-order valence-electron chi connectivity index (χ4n) is 4.51. The van der Waals surface area contributed by atoms with Gasteiger partial charge in [-0.05, 0) is 30.7 Å². The molecular weight excluding hydrogens is 497 g/mol. The van der Waals surface area contributed by atoms with Gasteiger partial charge >= 0.3 is 6.18 Å². The zero-order valence-electron chi connectivity index (χ0n) is 18.4. The van der Waals surface area contributed by atoms with Crippen LogP contribution in [0.25, 0.3) is 0 Å². The number of rotatable bonds is 5. The summed E-state index contributed by atoms with van der Waals surface area (Å²) in [5, 5.41) is -0.467. The van der Waals surface area contributed by atoms with Crippen molar-refractivity contribution in [2.24, 2.45) is 16.6 Å². The number of Topliss-reactive ketones (excluding diaryl/α,β-unsaturated/α-hetero) is 1. The summed E-state index contributed by atoms with van der Waals surface area (Å²) in [5.74, 6) is -2.14. The van der Waals surface area contributed by atoms with Gasteiger partial charge < -0.3 is 15.2 Å². The Bertz CT molecular complexity index is 1180. The second kappa shape index (κ2) is 9.34.